The molecule has 4 N–H and O–H groups in total. The SMILES string of the molecule is COc1ccccc1CCC(=O)N[C@@H](N)C(Cc1c[nH]c2ccccc12)C(=O)COc1ccc(OCc2ccccc2)cc1. The number of hydrogen-bond donors (Lipinski definition) is 3. The number of carbonyl (C=O) groups excluding carboxylic acids is 2. The molecule has 0 saturated carbocycles. The molecule has 5 aromatic rings. The van der Waals surface area contributed by atoms with Gasteiger partial charge in [-0.3, -0.25) is 9.59 Å². The first-order valence-electron chi connectivity index (χ1n) is 14.6. The summed E-state index contributed by atoms with van der Waals surface area (Å²) in [6.07, 6.45) is 2.01. The van der Waals surface area contributed by atoms with Gasteiger partial charge in [-0.1, -0.05) is 66.7 Å². The van der Waals surface area contributed by atoms with Gasteiger partial charge in [0.25, 0.3) is 0 Å². The molecule has 8 nitrogen and oxygen atoms in total. The van der Waals surface area contributed by atoms with Gasteiger partial charge in [-0.15, -0.1) is 0 Å². The van der Waals surface area contributed by atoms with Crippen LogP contribution in [-0.2, 0) is 29.0 Å². The summed E-state index contributed by atoms with van der Waals surface area (Å²) in [6.45, 7) is 0.263. The summed E-state index contributed by atoms with van der Waals surface area (Å²) in [7, 11) is 1.60. The second-order valence-corrected chi connectivity index (χ2v) is 10.6. The zero-order valence-electron chi connectivity index (χ0n) is 24.7. The number of hydrogen-bond acceptors (Lipinski definition) is 6. The van der Waals surface area contributed by atoms with Gasteiger partial charge in [0.1, 0.15) is 30.5 Å². The number of nitrogens with two attached hydrogens (primary N) is 1. The highest BCUT2D eigenvalue weighted by Gasteiger charge is 2.28. The number of para-hydroxylation sites is 2. The van der Waals surface area contributed by atoms with E-state index in [0.29, 0.717) is 30.9 Å². The lowest BCUT2D eigenvalue weighted by molar-refractivity contribution is -0.127. The Morgan fingerprint density at radius 1 is 0.818 bits per heavy atom. The molecule has 4 aromatic carbocycles. The smallest absolute Gasteiger partial charge is 0.221 e. The van der Waals surface area contributed by atoms with Crippen molar-refractivity contribution in [1.82, 2.24) is 10.3 Å². The van der Waals surface area contributed by atoms with Crippen LogP contribution in [0.25, 0.3) is 10.9 Å². The van der Waals surface area contributed by atoms with Crippen LogP contribution in [-0.4, -0.2) is 36.6 Å². The van der Waals surface area contributed by atoms with Gasteiger partial charge in [-0.2, -0.15) is 0 Å². The Morgan fingerprint density at radius 2 is 1.50 bits per heavy atom. The highest BCUT2D eigenvalue weighted by Crippen LogP contribution is 2.24. The maximum Gasteiger partial charge on any atom is 0.221 e. The van der Waals surface area contributed by atoms with Gasteiger partial charge >= 0.3 is 0 Å². The number of benzene rings is 4. The first kappa shape index (κ1) is 30.4. The van der Waals surface area contributed by atoms with Crippen LogP contribution in [0.3, 0.4) is 0 Å². The number of carbonyl (C=O) groups is 2. The average Bonchev–Trinajstić information content (AvgIpc) is 3.48. The molecule has 2 atom stereocenters. The van der Waals surface area contributed by atoms with Crippen molar-refractivity contribution in [3.8, 4) is 17.2 Å². The van der Waals surface area contributed by atoms with Crippen molar-refractivity contribution in [2.75, 3.05) is 13.7 Å². The Morgan fingerprint density at radius 3 is 2.27 bits per heavy atom. The van der Waals surface area contributed by atoms with Crippen LogP contribution in [0.2, 0.25) is 0 Å². The molecule has 1 amide bonds. The average molecular weight is 592 g/mol. The van der Waals surface area contributed by atoms with E-state index < -0.39 is 12.1 Å². The second kappa shape index (κ2) is 14.9. The van der Waals surface area contributed by atoms with Crippen LogP contribution < -0.4 is 25.3 Å². The van der Waals surface area contributed by atoms with E-state index in [2.05, 4.69) is 10.3 Å². The lowest BCUT2D eigenvalue weighted by Crippen LogP contribution is -2.51. The van der Waals surface area contributed by atoms with Crippen molar-refractivity contribution in [2.24, 2.45) is 11.7 Å². The zero-order valence-corrected chi connectivity index (χ0v) is 24.7. The molecule has 5 rings (SSSR count). The van der Waals surface area contributed by atoms with Gasteiger partial charge < -0.3 is 30.2 Å². The zero-order chi connectivity index (χ0) is 30.7. The van der Waals surface area contributed by atoms with Crippen LogP contribution >= 0.6 is 0 Å². The van der Waals surface area contributed by atoms with Crippen LogP contribution in [0.4, 0.5) is 0 Å². The van der Waals surface area contributed by atoms with Gasteiger partial charge in [0, 0.05) is 23.5 Å². The van der Waals surface area contributed by atoms with Crippen molar-refractivity contribution in [2.45, 2.75) is 32.0 Å². The molecule has 0 aliphatic rings. The van der Waals surface area contributed by atoms with Gasteiger partial charge in [-0.05, 0) is 65.9 Å². The summed E-state index contributed by atoms with van der Waals surface area (Å²) in [6, 6.07) is 32.5. The molecular formula is C36H37N3O5. The number of aromatic amines is 1. The van der Waals surface area contributed by atoms with Crippen LogP contribution in [0, 0.1) is 5.92 Å². The summed E-state index contributed by atoms with van der Waals surface area (Å²) in [5.41, 5.74) is 10.4. The lowest BCUT2D eigenvalue weighted by atomic mass is 9.92. The van der Waals surface area contributed by atoms with E-state index in [1.807, 2.05) is 85.1 Å². The molecule has 1 aromatic heterocycles. The molecule has 0 bridgehead atoms. The van der Waals surface area contributed by atoms with E-state index >= 15 is 0 Å². The standard InChI is InChI=1S/C36H37N3O5/c1-42-34-14-8-5-11-26(34)15-20-35(41)39-36(37)31(21-27-22-38-32-13-7-6-12-30(27)32)33(40)24-44-29-18-16-28(17-19-29)43-23-25-9-3-2-4-10-25/h2-14,16-19,22,31,36,38H,15,20-21,23-24,37H2,1H3,(H,39,41)/t31?,36-/m1/s1. The number of aromatic nitrogens is 1. The molecular weight excluding hydrogens is 554 g/mol. The van der Waals surface area contributed by atoms with Crippen LogP contribution in [0.1, 0.15) is 23.1 Å². The Hall–Kier alpha value is -5.08. The molecule has 0 aliphatic heterocycles. The maximum atomic E-state index is 13.6. The number of ether oxygens (including phenoxy) is 3. The molecule has 44 heavy (non-hydrogen) atoms. The molecule has 1 unspecified atom stereocenters. The lowest BCUT2D eigenvalue weighted by Gasteiger charge is -2.24. The summed E-state index contributed by atoms with van der Waals surface area (Å²) in [5.74, 6) is 0.792. The molecule has 1 heterocycles. The second-order valence-electron chi connectivity index (χ2n) is 10.6. The molecule has 8 heteroatoms. The highest BCUT2D eigenvalue weighted by atomic mass is 16.5. The quantitative estimate of drug-likeness (QED) is 0.137. The van der Waals surface area contributed by atoms with E-state index in [9.17, 15) is 9.59 Å². The Labute approximate surface area is 257 Å². The fraction of sp³-hybridized carbons (Fsp3) is 0.222. The third kappa shape index (κ3) is 8.05. The summed E-state index contributed by atoms with van der Waals surface area (Å²) >= 11 is 0. The topological polar surface area (TPSA) is 116 Å². The minimum absolute atomic E-state index is 0.192. The molecule has 0 fully saturated rings. The normalized spacial score (nSPS) is 12.3. The predicted molar refractivity (Wildman–Crippen MR) is 171 cm³/mol. The van der Waals surface area contributed by atoms with Crippen LogP contribution in [0.5, 0.6) is 17.2 Å². The highest BCUT2D eigenvalue weighted by molar-refractivity contribution is 5.87. The van der Waals surface area contributed by atoms with Crippen LogP contribution in [0.15, 0.2) is 109 Å². The number of Topliss-reactive ketones (excluding diaryl/α,β-unsaturated/α-hetero) is 1. The van der Waals surface area contributed by atoms with Crippen molar-refractivity contribution < 1.29 is 23.8 Å². The van der Waals surface area contributed by atoms with E-state index in [-0.39, 0.29) is 24.7 Å². The maximum absolute atomic E-state index is 13.6. The summed E-state index contributed by atoms with van der Waals surface area (Å²) < 4.78 is 17.1. The van der Waals surface area contributed by atoms with Crippen molar-refractivity contribution in [3.63, 3.8) is 0 Å². The third-order valence-electron chi connectivity index (χ3n) is 7.56. The number of H-pyrrole nitrogens is 1. The number of methoxy groups -OCH3 is 1. The number of amides is 1. The Bertz CT molecular complexity index is 1670. The van der Waals surface area contributed by atoms with Crippen molar-refractivity contribution in [3.05, 3.63) is 126 Å². The van der Waals surface area contributed by atoms with Crippen molar-refractivity contribution in [1.29, 1.82) is 0 Å². The number of aryl methyl sites for hydroxylation is 1. The molecule has 226 valence electrons. The molecule has 0 saturated heterocycles. The fourth-order valence-corrected chi connectivity index (χ4v) is 5.13. The number of ketones is 1. The third-order valence-corrected chi connectivity index (χ3v) is 7.56. The molecule has 0 radical (unpaired) electrons. The van der Waals surface area contributed by atoms with Gasteiger partial charge in [0.2, 0.25) is 5.91 Å². The van der Waals surface area contributed by atoms with E-state index in [4.69, 9.17) is 19.9 Å². The minimum Gasteiger partial charge on any atom is -0.496 e. The van der Waals surface area contributed by atoms with Gasteiger partial charge in [-0.25, -0.2) is 0 Å². The van der Waals surface area contributed by atoms with Gasteiger partial charge in [0.15, 0.2) is 5.78 Å². The number of nitrogens with one attached hydrogen (secondary N) is 2. The summed E-state index contributed by atoms with van der Waals surface area (Å²) in [4.78, 5) is 29.8. The monoisotopic (exact) mass is 591 g/mol. The fourth-order valence-electron chi connectivity index (χ4n) is 5.13. The first-order chi connectivity index (χ1) is 21.5. The minimum atomic E-state index is -0.904. The summed E-state index contributed by atoms with van der Waals surface area (Å²) in [5, 5.41) is 3.86. The van der Waals surface area contributed by atoms with E-state index in [0.717, 1.165) is 33.3 Å². The number of rotatable bonds is 15. The largest absolute Gasteiger partial charge is 0.496 e. The van der Waals surface area contributed by atoms with E-state index in [1.54, 1.807) is 31.4 Å². The number of fused-ring (bicyclic) bond motifs is 1. The first-order valence-corrected chi connectivity index (χ1v) is 14.6. The van der Waals surface area contributed by atoms with Crippen molar-refractivity contribution >= 4 is 22.6 Å². The Kier molecular flexibility index (Phi) is 10.3. The van der Waals surface area contributed by atoms with E-state index in [1.165, 1.54) is 0 Å². The van der Waals surface area contributed by atoms with Gasteiger partial charge in [0.05, 0.1) is 19.2 Å². The molecule has 0 aliphatic carbocycles. The molecule has 0 spiro atoms. The Balaban J connectivity index is 1.22. The predicted octanol–water partition coefficient (Wildman–Crippen LogP) is 5.60.